The fourth-order valence-electron chi connectivity index (χ4n) is 6.68. The largest absolute Gasteiger partial charge is 0.417 e. The molecule has 2 saturated heterocycles. The van der Waals surface area contributed by atoms with Crippen LogP contribution in [0.5, 0.6) is 0 Å². The zero-order valence-corrected chi connectivity index (χ0v) is 20.5. The number of halogens is 3. The molecule has 200 valence electrons. The minimum absolute atomic E-state index is 0.00574. The van der Waals surface area contributed by atoms with E-state index in [0.717, 1.165) is 18.7 Å². The van der Waals surface area contributed by atoms with Crippen molar-refractivity contribution in [3.05, 3.63) is 29.1 Å². The number of carbonyl (C=O) groups excluding carboxylic acids is 1. The molecule has 3 aliphatic heterocycles. The maximum absolute atomic E-state index is 14.0. The summed E-state index contributed by atoms with van der Waals surface area (Å²) >= 11 is 0. The summed E-state index contributed by atoms with van der Waals surface area (Å²) in [6.07, 6.45) is -0.917. The molecule has 8 nitrogen and oxygen atoms in total. The summed E-state index contributed by atoms with van der Waals surface area (Å²) in [6, 6.07) is 1.22. The number of methoxy groups -OCH3 is 1. The van der Waals surface area contributed by atoms with Crippen molar-refractivity contribution in [2.24, 2.45) is 5.41 Å². The normalized spacial score (nSPS) is 32.6. The maximum Gasteiger partial charge on any atom is 0.417 e. The Labute approximate surface area is 208 Å². The van der Waals surface area contributed by atoms with Gasteiger partial charge in [-0.2, -0.15) is 13.2 Å². The first kappa shape index (κ1) is 25.8. The van der Waals surface area contributed by atoms with Crippen LogP contribution in [-0.2, 0) is 38.1 Å². The molecule has 3 fully saturated rings. The molecule has 0 spiro atoms. The lowest BCUT2D eigenvalue weighted by molar-refractivity contribution is -0.145. The molecule has 4 heterocycles. The molecule has 11 heteroatoms. The van der Waals surface area contributed by atoms with Crippen LogP contribution in [0.25, 0.3) is 0 Å². The highest BCUT2D eigenvalue weighted by atomic mass is 19.4. The molecular weight excluding hydrogens is 479 g/mol. The fourth-order valence-corrected chi connectivity index (χ4v) is 6.68. The van der Waals surface area contributed by atoms with E-state index in [-0.39, 0.29) is 43.4 Å². The summed E-state index contributed by atoms with van der Waals surface area (Å²) in [4.78, 5) is 22.0. The Kier molecular flexibility index (Phi) is 7.30. The Morgan fingerprint density at radius 3 is 2.97 bits per heavy atom. The average molecular weight is 514 g/mol. The molecule has 0 radical (unpaired) electrons. The van der Waals surface area contributed by atoms with E-state index in [2.05, 4.69) is 9.88 Å². The van der Waals surface area contributed by atoms with Crippen LogP contribution in [0.1, 0.15) is 42.5 Å². The summed E-state index contributed by atoms with van der Waals surface area (Å²) < 4.78 is 57.1. The molecule has 1 saturated carbocycles. The summed E-state index contributed by atoms with van der Waals surface area (Å²) in [5, 5.41) is 9.83. The molecule has 1 aromatic rings. The van der Waals surface area contributed by atoms with Crippen LogP contribution >= 0.6 is 0 Å². The number of alkyl halides is 3. The highest BCUT2D eigenvalue weighted by molar-refractivity contribution is 5.84. The molecule has 0 bridgehead atoms. The second-order valence-corrected chi connectivity index (χ2v) is 10.3. The van der Waals surface area contributed by atoms with Crippen LogP contribution in [0.3, 0.4) is 0 Å². The predicted molar refractivity (Wildman–Crippen MR) is 122 cm³/mol. The number of hydrogen-bond acceptors (Lipinski definition) is 7. The number of aliphatic hydroxyl groups is 1. The first-order valence-electron chi connectivity index (χ1n) is 12.7. The standard InChI is InChI=1S/C25H34F3N3O5/c1-34-21-15-35-8-3-20(21)31(6-7-32)18-11-22-24(12-18,4-9-36-22)23(33)30-5-2-19-16(14-30)10-17(13-29-19)25(26,27)28/h10,13,18,20-22,32H,2-9,11-12,14-15H2,1H3/t18-,20+,21-,22-,24-/m1/s1. The van der Waals surface area contributed by atoms with Crippen LogP contribution in [0, 0.1) is 5.41 Å². The van der Waals surface area contributed by atoms with Crippen LogP contribution in [0.2, 0.25) is 0 Å². The number of aromatic nitrogens is 1. The Bertz CT molecular complexity index is 963. The molecule has 4 aliphatic rings. The van der Waals surface area contributed by atoms with Crippen molar-refractivity contribution >= 4 is 5.91 Å². The highest BCUT2D eigenvalue weighted by Crippen LogP contribution is 2.51. The number of ether oxygens (including phenoxy) is 3. The van der Waals surface area contributed by atoms with E-state index in [1.54, 1.807) is 12.0 Å². The van der Waals surface area contributed by atoms with Crippen LogP contribution in [0.4, 0.5) is 13.2 Å². The van der Waals surface area contributed by atoms with Gasteiger partial charge < -0.3 is 24.2 Å². The van der Waals surface area contributed by atoms with Crippen LogP contribution < -0.4 is 0 Å². The zero-order valence-electron chi connectivity index (χ0n) is 20.5. The quantitative estimate of drug-likeness (QED) is 0.623. The van der Waals surface area contributed by atoms with Gasteiger partial charge in [0.1, 0.15) is 0 Å². The minimum Gasteiger partial charge on any atom is -0.395 e. The third kappa shape index (κ3) is 4.64. The van der Waals surface area contributed by atoms with Gasteiger partial charge in [-0.25, -0.2) is 0 Å². The number of nitrogens with zero attached hydrogens (tertiary/aromatic N) is 3. The predicted octanol–water partition coefficient (Wildman–Crippen LogP) is 2.02. The molecule has 0 aromatic carbocycles. The Balaban J connectivity index is 1.36. The number of aliphatic hydroxyl groups excluding tert-OH is 1. The number of pyridine rings is 1. The first-order valence-corrected chi connectivity index (χ1v) is 12.7. The third-order valence-corrected chi connectivity index (χ3v) is 8.47. The maximum atomic E-state index is 14.0. The third-order valence-electron chi connectivity index (χ3n) is 8.47. The molecule has 0 unspecified atom stereocenters. The minimum atomic E-state index is -4.48. The van der Waals surface area contributed by atoms with Gasteiger partial charge in [0.2, 0.25) is 5.91 Å². The van der Waals surface area contributed by atoms with Gasteiger partial charge in [-0.15, -0.1) is 0 Å². The lowest BCUT2D eigenvalue weighted by Crippen LogP contribution is -2.54. The van der Waals surface area contributed by atoms with Crippen molar-refractivity contribution in [2.45, 2.75) is 69.1 Å². The van der Waals surface area contributed by atoms with Crippen molar-refractivity contribution in [3.63, 3.8) is 0 Å². The van der Waals surface area contributed by atoms with Gasteiger partial charge >= 0.3 is 6.18 Å². The topological polar surface area (TPSA) is 84.4 Å². The van der Waals surface area contributed by atoms with Gasteiger partial charge in [0.15, 0.2) is 0 Å². The van der Waals surface area contributed by atoms with Gasteiger partial charge in [-0.05, 0) is 37.3 Å². The van der Waals surface area contributed by atoms with Crippen molar-refractivity contribution in [1.29, 1.82) is 0 Å². The molecule has 36 heavy (non-hydrogen) atoms. The summed E-state index contributed by atoms with van der Waals surface area (Å²) in [5.41, 5.74) is -0.427. The van der Waals surface area contributed by atoms with Crippen LogP contribution in [0.15, 0.2) is 12.3 Å². The second-order valence-electron chi connectivity index (χ2n) is 10.3. The first-order chi connectivity index (χ1) is 17.3. The highest BCUT2D eigenvalue weighted by Gasteiger charge is 2.59. The molecule has 1 aliphatic carbocycles. The molecule has 1 N–H and O–H groups in total. The van der Waals surface area contributed by atoms with Crippen molar-refractivity contribution in [3.8, 4) is 0 Å². The van der Waals surface area contributed by atoms with Gasteiger partial charge in [0.05, 0.1) is 36.4 Å². The molecule has 5 atom stereocenters. The van der Waals surface area contributed by atoms with Gasteiger partial charge in [0, 0.05) is 70.4 Å². The molecular formula is C25H34F3N3O5. The summed E-state index contributed by atoms with van der Waals surface area (Å²) in [5.74, 6) is -0.0465. The number of rotatable bonds is 6. The number of hydrogen-bond donors (Lipinski definition) is 1. The Morgan fingerprint density at radius 2 is 2.22 bits per heavy atom. The van der Waals surface area contributed by atoms with E-state index in [1.807, 2.05) is 0 Å². The van der Waals surface area contributed by atoms with E-state index in [1.165, 1.54) is 0 Å². The van der Waals surface area contributed by atoms with Crippen molar-refractivity contribution in [1.82, 2.24) is 14.8 Å². The summed E-state index contributed by atoms with van der Waals surface area (Å²) in [7, 11) is 1.66. The van der Waals surface area contributed by atoms with E-state index >= 15 is 0 Å². The van der Waals surface area contributed by atoms with Gasteiger partial charge in [-0.1, -0.05) is 0 Å². The van der Waals surface area contributed by atoms with E-state index in [9.17, 15) is 23.1 Å². The lowest BCUT2D eigenvalue weighted by atomic mass is 9.80. The van der Waals surface area contributed by atoms with Gasteiger partial charge in [0.25, 0.3) is 0 Å². The zero-order chi connectivity index (χ0) is 25.5. The summed E-state index contributed by atoms with van der Waals surface area (Å²) in [6.45, 7) is 2.60. The molecule has 1 amide bonds. The SMILES string of the molecule is CO[C@@H]1COCC[C@@H]1N(CCO)[C@@H]1C[C@H]2OCC[C@@]2(C(=O)N2CCc3ncc(C(F)(F)F)cc3C2)C1. The second kappa shape index (κ2) is 10.2. The lowest BCUT2D eigenvalue weighted by Gasteiger charge is -2.42. The molecule has 5 rings (SSSR count). The van der Waals surface area contributed by atoms with E-state index < -0.39 is 17.2 Å². The molecule has 1 aromatic heterocycles. The fraction of sp³-hybridized carbons (Fsp3) is 0.760. The Hall–Kier alpha value is -1.79. The smallest absolute Gasteiger partial charge is 0.395 e. The number of fused-ring (bicyclic) bond motifs is 2. The van der Waals surface area contributed by atoms with Gasteiger partial charge in [-0.3, -0.25) is 14.7 Å². The van der Waals surface area contributed by atoms with Crippen LogP contribution in [-0.4, -0.2) is 96.7 Å². The van der Waals surface area contributed by atoms with Crippen molar-refractivity contribution < 1.29 is 37.3 Å². The monoisotopic (exact) mass is 513 g/mol. The number of carbonyl (C=O) groups is 1. The van der Waals surface area contributed by atoms with E-state index in [4.69, 9.17) is 14.2 Å². The average Bonchev–Trinajstić information content (AvgIpc) is 3.44. The van der Waals surface area contributed by atoms with E-state index in [0.29, 0.717) is 69.9 Å². The number of amides is 1. The Morgan fingerprint density at radius 1 is 1.39 bits per heavy atom. The van der Waals surface area contributed by atoms with Crippen molar-refractivity contribution in [2.75, 3.05) is 46.6 Å².